The van der Waals surface area contributed by atoms with Crippen molar-refractivity contribution in [2.75, 3.05) is 20.7 Å². The fourth-order valence-corrected chi connectivity index (χ4v) is 3.20. The predicted molar refractivity (Wildman–Crippen MR) is 115 cm³/mol. The molecule has 8 heteroatoms. The molecule has 4 rings (SSSR count). The smallest absolute Gasteiger partial charge is 0.414 e. The van der Waals surface area contributed by atoms with Gasteiger partial charge < -0.3 is 23.2 Å². The first-order valence-corrected chi connectivity index (χ1v) is 9.54. The molecule has 0 bridgehead atoms. The molecule has 0 radical (unpaired) electrons. The molecule has 4 aromatic rings. The summed E-state index contributed by atoms with van der Waals surface area (Å²) in [5.41, 5.74) is -0.195. The third kappa shape index (κ3) is 3.87. The number of carbonyl (C=O) groups is 1. The van der Waals surface area contributed by atoms with E-state index in [0.717, 1.165) is 0 Å². The fourth-order valence-electron chi connectivity index (χ4n) is 3.20. The van der Waals surface area contributed by atoms with Gasteiger partial charge in [0.15, 0.2) is 11.3 Å². The van der Waals surface area contributed by atoms with E-state index in [1.165, 1.54) is 17.0 Å². The molecule has 0 spiro atoms. The number of carbonyl (C=O) groups excluding carboxylic acids is 1. The molecule has 0 aliphatic carbocycles. The first kappa shape index (κ1) is 20.2. The van der Waals surface area contributed by atoms with Crippen molar-refractivity contribution in [3.8, 4) is 22.6 Å². The molecule has 0 saturated heterocycles. The van der Waals surface area contributed by atoms with Gasteiger partial charge in [0.05, 0.1) is 12.2 Å². The topological polar surface area (TPSA) is 99.2 Å². The van der Waals surface area contributed by atoms with Gasteiger partial charge in [-0.05, 0) is 31.2 Å². The molecule has 1 amide bonds. The molecular formula is C23H19NO7. The van der Waals surface area contributed by atoms with Crippen LogP contribution in [0.1, 0.15) is 6.92 Å². The summed E-state index contributed by atoms with van der Waals surface area (Å²) in [6.07, 6.45) is -0.571. The second kappa shape index (κ2) is 7.98. The molecule has 0 aliphatic heterocycles. The normalized spacial score (nSPS) is 10.9. The quantitative estimate of drug-likeness (QED) is 0.459. The number of benzene rings is 2. The van der Waals surface area contributed by atoms with Crippen LogP contribution in [0.5, 0.6) is 11.5 Å². The van der Waals surface area contributed by atoms with Crippen molar-refractivity contribution >= 4 is 28.0 Å². The maximum absolute atomic E-state index is 12.8. The average molecular weight is 421 g/mol. The van der Waals surface area contributed by atoms with Gasteiger partial charge in [-0.3, -0.25) is 0 Å². The van der Waals surface area contributed by atoms with E-state index in [1.807, 2.05) is 6.92 Å². The van der Waals surface area contributed by atoms with Crippen LogP contribution in [0.25, 0.3) is 33.1 Å². The Morgan fingerprint density at radius 3 is 2.55 bits per heavy atom. The summed E-state index contributed by atoms with van der Waals surface area (Å²) in [6, 6.07) is 12.8. The lowest BCUT2D eigenvalue weighted by molar-refractivity contribution is 0.172. The van der Waals surface area contributed by atoms with Gasteiger partial charge in [-0.1, -0.05) is 12.1 Å². The lowest BCUT2D eigenvalue weighted by atomic mass is 10.0. The number of para-hydroxylation sites is 1. The van der Waals surface area contributed by atoms with Crippen LogP contribution in [0.15, 0.2) is 67.0 Å². The van der Waals surface area contributed by atoms with Crippen LogP contribution in [0.3, 0.4) is 0 Å². The van der Waals surface area contributed by atoms with E-state index in [2.05, 4.69) is 0 Å². The highest BCUT2D eigenvalue weighted by molar-refractivity contribution is 5.96. The van der Waals surface area contributed by atoms with Crippen molar-refractivity contribution in [2.45, 2.75) is 6.92 Å². The van der Waals surface area contributed by atoms with E-state index in [0.29, 0.717) is 34.3 Å². The second-order valence-corrected chi connectivity index (χ2v) is 6.95. The molecule has 0 unspecified atom stereocenters. The molecule has 0 fully saturated rings. The Morgan fingerprint density at radius 2 is 1.81 bits per heavy atom. The molecule has 2 aromatic carbocycles. The summed E-state index contributed by atoms with van der Waals surface area (Å²) in [5.74, 6) is 0.673. The van der Waals surface area contributed by atoms with Crippen LogP contribution in [0, 0.1) is 0 Å². The Morgan fingerprint density at radius 1 is 1.00 bits per heavy atom. The largest absolute Gasteiger partial charge is 0.490 e. The molecular weight excluding hydrogens is 402 g/mol. The highest BCUT2D eigenvalue weighted by Gasteiger charge is 2.16. The van der Waals surface area contributed by atoms with Gasteiger partial charge in [0.2, 0.25) is 0 Å². The van der Waals surface area contributed by atoms with Crippen LogP contribution >= 0.6 is 0 Å². The first-order valence-electron chi connectivity index (χ1n) is 9.54. The van der Waals surface area contributed by atoms with Crippen LogP contribution < -0.4 is 20.7 Å². The monoisotopic (exact) mass is 421 g/mol. The van der Waals surface area contributed by atoms with Crippen molar-refractivity contribution in [3.63, 3.8) is 0 Å². The van der Waals surface area contributed by atoms with Crippen molar-refractivity contribution in [3.05, 3.63) is 69.4 Å². The minimum Gasteiger partial charge on any atom is -0.490 e. The summed E-state index contributed by atoms with van der Waals surface area (Å²) >= 11 is 0. The molecule has 0 N–H and O–H groups in total. The molecule has 0 atom stereocenters. The molecule has 2 aromatic heterocycles. The van der Waals surface area contributed by atoms with Crippen LogP contribution in [-0.2, 0) is 0 Å². The Bertz CT molecular complexity index is 1420. The van der Waals surface area contributed by atoms with Crippen molar-refractivity contribution < 1.29 is 23.1 Å². The van der Waals surface area contributed by atoms with Gasteiger partial charge >= 0.3 is 17.3 Å². The lowest BCUT2D eigenvalue weighted by Gasteiger charge is -2.11. The third-order valence-corrected chi connectivity index (χ3v) is 4.60. The minimum absolute atomic E-state index is 0.175. The van der Waals surface area contributed by atoms with E-state index >= 15 is 0 Å². The lowest BCUT2D eigenvalue weighted by Crippen LogP contribution is -2.25. The van der Waals surface area contributed by atoms with E-state index in [-0.39, 0.29) is 16.9 Å². The van der Waals surface area contributed by atoms with E-state index in [1.54, 1.807) is 50.5 Å². The number of fused-ring (bicyclic) bond motifs is 2. The van der Waals surface area contributed by atoms with Gasteiger partial charge in [-0.2, -0.15) is 0 Å². The number of hydrogen-bond donors (Lipinski definition) is 0. The summed E-state index contributed by atoms with van der Waals surface area (Å²) in [6.45, 7) is 2.26. The van der Waals surface area contributed by atoms with Gasteiger partial charge in [0.1, 0.15) is 11.3 Å². The number of ether oxygens (including phenoxy) is 2. The third-order valence-electron chi connectivity index (χ3n) is 4.60. The van der Waals surface area contributed by atoms with Crippen molar-refractivity contribution in [2.24, 2.45) is 0 Å². The fraction of sp³-hybridized carbons (Fsp3) is 0.174. The van der Waals surface area contributed by atoms with Crippen LogP contribution in [0.4, 0.5) is 4.79 Å². The first-order chi connectivity index (χ1) is 14.9. The van der Waals surface area contributed by atoms with Crippen LogP contribution in [0.2, 0.25) is 0 Å². The van der Waals surface area contributed by atoms with E-state index in [9.17, 15) is 14.4 Å². The predicted octanol–water partition coefficient (Wildman–Crippen LogP) is 4.03. The molecule has 0 saturated carbocycles. The van der Waals surface area contributed by atoms with Gasteiger partial charge in [-0.15, -0.1) is 0 Å². The minimum atomic E-state index is -0.652. The Labute approximate surface area is 176 Å². The summed E-state index contributed by atoms with van der Waals surface area (Å²) in [7, 11) is 3.11. The molecule has 31 heavy (non-hydrogen) atoms. The molecule has 2 heterocycles. The van der Waals surface area contributed by atoms with Crippen molar-refractivity contribution in [1.29, 1.82) is 0 Å². The standard InChI is InChI=1S/C23H19NO7/c1-4-28-18-7-5-6-13-10-17(22(26)31-21(13)18)16-12-20(25)30-19-11-14(8-9-15(16)19)29-23(27)24(2)3/h5-12H,4H2,1-3H3. The molecule has 8 nitrogen and oxygen atoms in total. The zero-order valence-corrected chi connectivity index (χ0v) is 17.1. The number of amides is 1. The van der Waals surface area contributed by atoms with Crippen LogP contribution in [-0.4, -0.2) is 31.7 Å². The summed E-state index contributed by atoms with van der Waals surface area (Å²) in [5, 5.41) is 1.15. The number of nitrogens with zero attached hydrogens (tertiary/aromatic N) is 1. The van der Waals surface area contributed by atoms with Gasteiger partial charge in [-0.25, -0.2) is 14.4 Å². The molecule has 0 aliphatic rings. The number of rotatable bonds is 4. The molecule has 158 valence electrons. The second-order valence-electron chi connectivity index (χ2n) is 6.95. The number of hydrogen-bond acceptors (Lipinski definition) is 7. The zero-order valence-electron chi connectivity index (χ0n) is 17.1. The zero-order chi connectivity index (χ0) is 22.1. The Hall–Kier alpha value is -4.07. The summed E-state index contributed by atoms with van der Waals surface area (Å²) < 4.78 is 21.6. The Kier molecular flexibility index (Phi) is 5.21. The maximum atomic E-state index is 12.8. The highest BCUT2D eigenvalue weighted by atomic mass is 16.6. The van der Waals surface area contributed by atoms with E-state index in [4.69, 9.17) is 18.3 Å². The summed E-state index contributed by atoms with van der Waals surface area (Å²) in [4.78, 5) is 38.1. The average Bonchev–Trinajstić information content (AvgIpc) is 2.73. The highest BCUT2D eigenvalue weighted by Crippen LogP contribution is 2.32. The SMILES string of the molecule is CCOc1cccc2cc(-c3cc(=O)oc4cc(OC(=O)N(C)C)ccc34)c(=O)oc12. The van der Waals surface area contributed by atoms with Gasteiger partial charge in [0.25, 0.3) is 0 Å². The van der Waals surface area contributed by atoms with E-state index < -0.39 is 17.3 Å². The Balaban J connectivity index is 1.89. The maximum Gasteiger partial charge on any atom is 0.414 e. The van der Waals surface area contributed by atoms with Crippen molar-refractivity contribution in [1.82, 2.24) is 4.90 Å². The van der Waals surface area contributed by atoms with Gasteiger partial charge in [0, 0.05) is 42.6 Å².